The van der Waals surface area contributed by atoms with Crippen LogP contribution in [0.2, 0.25) is 0 Å². The van der Waals surface area contributed by atoms with Gasteiger partial charge in [0.2, 0.25) is 0 Å². The van der Waals surface area contributed by atoms with Crippen LogP contribution in [0.4, 0.5) is 0 Å². The molecule has 78 valence electrons. The van der Waals surface area contributed by atoms with E-state index in [0.29, 0.717) is 0 Å². The number of hydrogen-bond donors (Lipinski definition) is 0. The fourth-order valence-corrected chi connectivity index (χ4v) is 1.87. The minimum Gasteiger partial charge on any atom is -0.496 e. The smallest absolute Gasteiger partial charge is 0.124 e. The summed E-state index contributed by atoms with van der Waals surface area (Å²) in [5, 5.41) is 1.18. The molecule has 0 unspecified atom stereocenters. The van der Waals surface area contributed by atoms with Crippen LogP contribution in [0.5, 0.6) is 5.75 Å². The fourth-order valence-electron chi connectivity index (χ4n) is 1.87. The van der Waals surface area contributed by atoms with Gasteiger partial charge in [0.1, 0.15) is 5.75 Å². The summed E-state index contributed by atoms with van der Waals surface area (Å²) in [5.74, 6) is 0.947. The molecule has 2 rings (SSSR count). The van der Waals surface area contributed by atoms with E-state index >= 15 is 0 Å². The monoisotopic (exact) mass is 201 g/mol. The third-order valence-corrected chi connectivity index (χ3v) is 2.56. The van der Waals surface area contributed by atoms with Gasteiger partial charge in [-0.05, 0) is 24.6 Å². The maximum Gasteiger partial charge on any atom is 0.124 e. The van der Waals surface area contributed by atoms with Crippen molar-refractivity contribution >= 4 is 10.9 Å². The van der Waals surface area contributed by atoms with E-state index in [-0.39, 0.29) is 0 Å². The minimum absolute atomic E-state index is 0.947. The number of rotatable bonds is 3. The summed E-state index contributed by atoms with van der Waals surface area (Å²) in [6.07, 6.45) is 3.95. The van der Waals surface area contributed by atoms with E-state index in [1.807, 2.05) is 18.3 Å². The van der Waals surface area contributed by atoms with E-state index in [2.05, 4.69) is 24.0 Å². The average Bonchev–Trinajstić information content (AvgIpc) is 2.30. The minimum atomic E-state index is 0.947. The predicted molar refractivity (Wildman–Crippen MR) is 62.3 cm³/mol. The summed E-state index contributed by atoms with van der Waals surface area (Å²) >= 11 is 0. The molecule has 0 fully saturated rings. The van der Waals surface area contributed by atoms with E-state index in [1.54, 1.807) is 7.11 Å². The van der Waals surface area contributed by atoms with Crippen LogP contribution in [-0.4, -0.2) is 12.1 Å². The quantitative estimate of drug-likeness (QED) is 0.760. The number of aryl methyl sites for hydroxylation is 1. The zero-order valence-corrected chi connectivity index (χ0v) is 9.16. The number of pyridine rings is 1. The number of ether oxygens (including phenoxy) is 1. The molecular weight excluding hydrogens is 186 g/mol. The number of methoxy groups -OCH3 is 1. The molecule has 2 aromatic rings. The van der Waals surface area contributed by atoms with Gasteiger partial charge in [-0.2, -0.15) is 0 Å². The molecule has 0 saturated heterocycles. The van der Waals surface area contributed by atoms with Crippen LogP contribution in [0.3, 0.4) is 0 Å². The lowest BCUT2D eigenvalue weighted by atomic mass is 10.0. The molecule has 2 heteroatoms. The van der Waals surface area contributed by atoms with E-state index in [9.17, 15) is 0 Å². The van der Waals surface area contributed by atoms with E-state index in [4.69, 9.17) is 4.74 Å². The molecule has 1 heterocycles. The summed E-state index contributed by atoms with van der Waals surface area (Å²) < 4.78 is 5.37. The fraction of sp³-hybridized carbons (Fsp3) is 0.308. The van der Waals surface area contributed by atoms with Gasteiger partial charge in [-0.3, -0.25) is 4.98 Å². The van der Waals surface area contributed by atoms with Crippen LogP contribution < -0.4 is 4.74 Å². The second kappa shape index (κ2) is 4.30. The van der Waals surface area contributed by atoms with Gasteiger partial charge in [0.15, 0.2) is 0 Å². The number of aromatic nitrogens is 1. The lowest BCUT2D eigenvalue weighted by Crippen LogP contribution is -1.94. The zero-order chi connectivity index (χ0) is 10.7. The maximum absolute atomic E-state index is 5.37. The topological polar surface area (TPSA) is 22.1 Å². The highest BCUT2D eigenvalue weighted by Crippen LogP contribution is 2.27. The Morgan fingerprint density at radius 1 is 1.27 bits per heavy atom. The third-order valence-electron chi connectivity index (χ3n) is 2.56. The Bertz CT molecular complexity index is 465. The highest BCUT2D eigenvalue weighted by atomic mass is 16.5. The Labute approximate surface area is 89.9 Å². The standard InChI is InChI=1S/C13H15NO/c1-3-5-11-12(15-2)8-7-10-6-4-9-14-13(10)11/h4,6-9H,3,5H2,1-2H3. The molecule has 0 saturated carbocycles. The number of hydrogen-bond acceptors (Lipinski definition) is 2. The van der Waals surface area contributed by atoms with Crippen LogP contribution in [0.25, 0.3) is 10.9 Å². The first-order valence-electron chi connectivity index (χ1n) is 5.27. The van der Waals surface area contributed by atoms with Gasteiger partial charge in [-0.15, -0.1) is 0 Å². The van der Waals surface area contributed by atoms with Crippen molar-refractivity contribution in [2.45, 2.75) is 19.8 Å². The first-order valence-corrected chi connectivity index (χ1v) is 5.27. The van der Waals surface area contributed by atoms with E-state index in [0.717, 1.165) is 24.1 Å². The first kappa shape index (κ1) is 9.97. The Balaban J connectivity index is 2.67. The summed E-state index contributed by atoms with van der Waals surface area (Å²) in [7, 11) is 1.71. The van der Waals surface area contributed by atoms with Crippen LogP contribution in [0.1, 0.15) is 18.9 Å². The second-order valence-corrected chi connectivity index (χ2v) is 3.57. The SMILES string of the molecule is CCCc1c(OC)ccc2cccnc12. The van der Waals surface area contributed by atoms with Gasteiger partial charge in [0, 0.05) is 17.1 Å². The van der Waals surface area contributed by atoms with Crippen molar-refractivity contribution in [2.75, 3.05) is 7.11 Å². The molecular formula is C13H15NO. The summed E-state index contributed by atoms with van der Waals surface area (Å²) in [4.78, 5) is 4.43. The highest BCUT2D eigenvalue weighted by molar-refractivity contribution is 5.83. The van der Waals surface area contributed by atoms with Crippen molar-refractivity contribution in [3.8, 4) is 5.75 Å². The van der Waals surface area contributed by atoms with E-state index < -0.39 is 0 Å². The summed E-state index contributed by atoms with van der Waals surface area (Å²) in [5.41, 5.74) is 2.29. The van der Waals surface area contributed by atoms with Crippen LogP contribution in [0.15, 0.2) is 30.5 Å². The van der Waals surface area contributed by atoms with Gasteiger partial charge < -0.3 is 4.74 Å². The van der Waals surface area contributed by atoms with Gasteiger partial charge in [0.25, 0.3) is 0 Å². The van der Waals surface area contributed by atoms with Gasteiger partial charge in [0.05, 0.1) is 12.6 Å². The Morgan fingerprint density at radius 2 is 2.13 bits per heavy atom. The zero-order valence-electron chi connectivity index (χ0n) is 9.16. The van der Waals surface area contributed by atoms with Crippen molar-refractivity contribution in [3.63, 3.8) is 0 Å². The number of fused-ring (bicyclic) bond motifs is 1. The molecule has 1 aromatic carbocycles. The molecule has 0 radical (unpaired) electrons. The molecule has 0 spiro atoms. The molecule has 2 nitrogen and oxygen atoms in total. The lowest BCUT2D eigenvalue weighted by molar-refractivity contribution is 0.410. The molecule has 0 aliphatic rings. The van der Waals surface area contributed by atoms with E-state index in [1.165, 1.54) is 10.9 Å². The molecule has 0 N–H and O–H groups in total. The predicted octanol–water partition coefficient (Wildman–Crippen LogP) is 3.20. The highest BCUT2D eigenvalue weighted by Gasteiger charge is 2.07. The van der Waals surface area contributed by atoms with Crippen molar-refractivity contribution in [3.05, 3.63) is 36.0 Å². The maximum atomic E-state index is 5.37. The molecule has 0 aliphatic heterocycles. The first-order chi connectivity index (χ1) is 7.36. The number of benzene rings is 1. The van der Waals surface area contributed by atoms with Crippen molar-refractivity contribution in [1.29, 1.82) is 0 Å². The Kier molecular flexibility index (Phi) is 2.86. The van der Waals surface area contributed by atoms with Gasteiger partial charge in [-0.1, -0.05) is 19.4 Å². The van der Waals surface area contributed by atoms with Crippen LogP contribution >= 0.6 is 0 Å². The normalized spacial score (nSPS) is 10.5. The molecule has 0 amide bonds. The number of nitrogens with zero attached hydrogens (tertiary/aromatic N) is 1. The van der Waals surface area contributed by atoms with Crippen LogP contribution in [-0.2, 0) is 6.42 Å². The van der Waals surface area contributed by atoms with Gasteiger partial charge >= 0.3 is 0 Å². The molecule has 0 bridgehead atoms. The second-order valence-electron chi connectivity index (χ2n) is 3.57. The summed E-state index contributed by atoms with van der Waals surface area (Å²) in [6, 6.07) is 8.13. The molecule has 0 aliphatic carbocycles. The molecule has 1 aromatic heterocycles. The van der Waals surface area contributed by atoms with Crippen LogP contribution in [0, 0.1) is 0 Å². The van der Waals surface area contributed by atoms with Crippen molar-refractivity contribution in [2.24, 2.45) is 0 Å². The molecule has 15 heavy (non-hydrogen) atoms. The Hall–Kier alpha value is -1.57. The summed E-state index contributed by atoms with van der Waals surface area (Å²) in [6.45, 7) is 2.17. The van der Waals surface area contributed by atoms with Crippen molar-refractivity contribution in [1.82, 2.24) is 4.98 Å². The molecule has 0 atom stereocenters. The lowest BCUT2D eigenvalue weighted by Gasteiger charge is -2.10. The average molecular weight is 201 g/mol. The third kappa shape index (κ3) is 1.80. The van der Waals surface area contributed by atoms with Gasteiger partial charge in [-0.25, -0.2) is 0 Å². The Morgan fingerprint density at radius 3 is 2.87 bits per heavy atom. The largest absolute Gasteiger partial charge is 0.496 e. The van der Waals surface area contributed by atoms with Crippen molar-refractivity contribution < 1.29 is 4.74 Å².